The third kappa shape index (κ3) is 3.74. The molecule has 2 rings (SSSR count). The van der Waals surface area contributed by atoms with Crippen LogP contribution in [0, 0.1) is 12.3 Å². The van der Waals surface area contributed by atoms with E-state index in [2.05, 4.69) is 5.32 Å². The van der Waals surface area contributed by atoms with E-state index < -0.39 is 5.41 Å². The van der Waals surface area contributed by atoms with Crippen molar-refractivity contribution in [3.63, 3.8) is 0 Å². The van der Waals surface area contributed by atoms with Gasteiger partial charge in [-0.25, -0.2) is 4.79 Å². The Morgan fingerprint density at radius 2 is 1.95 bits per heavy atom. The van der Waals surface area contributed by atoms with Crippen LogP contribution in [0.4, 0.5) is 10.5 Å². The van der Waals surface area contributed by atoms with E-state index in [0.29, 0.717) is 13.1 Å². The number of aryl methyl sites for hydroxylation is 1. The zero-order chi connectivity index (χ0) is 15.6. The zero-order valence-electron chi connectivity index (χ0n) is 13.0. The molecule has 0 aliphatic carbocycles. The molecule has 0 radical (unpaired) electrons. The van der Waals surface area contributed by atoms with Crippen molar-refractivity contribution in [2.24, 2.45) is 5.41 Å². The zero-order valence-corrected chi connectivity index (χ0v) is 13.0. The van der Waals surface area contributed by atoms with E-state index in [1.54, 1.807) is 4.90 Å². The highest BCUT2D eigenvalue weighted by Gasteiger charge is 2.33. The van der Waals surface area contributed by atoms with Crippen molar-refractivity contribution < 1.29 is 14.3 Å². The minimum atomic E-state index is -0.445. The lowest BCUT2D eigenvalue weighted by Crippen LogP contribution is -2.40. The Bertz CT molecular complexity index is 531. The highest BCUT2D eigenvalue weighted by Crippen LogP contribution is 2.22. The molecule has 1 aliphatic rings. The average Bonchev–Trinajstić information content (AvgIpc) is 2.77. The second kappa shape index (κ2) is 5.76. The summed E-state index contributed by atoms with van der Waals surface area (Å²) in [4.78, 5) is 25.3. The van der Waals surface area contributed by atoms with Crippen molar-refractivity contribution in [2.45, 2.75) is 33.8 Å². The first-order valence-corrected chi connectivity index (χ1v) is 7.10. The number of amides is 2. The van der Waals surface area contributed by atoms with Gasteiger partial charge in [0.1, 0.15) is 6.10 Å². The topological polar surface area (TPSA) is 58.6 Å². The van der Waals surface area contributed by atoms with Gasteiger partial charge in [-0.15, -0.1) is 0 Å². The smallest absolute Gasteiger partial charge is 0.414 e. The summed E-state index contributed by atoms with van der Waals surface area (Å²) < 4.78 is 5.29. The van der Waals surface area contributed by atoms with E-state index in [1.807, 2.05) is 52.0 Å². The average molecular weight is 290 g/mol. The van der Waals surface area contributed by atoms with Gasteiger partial charge in [0.2, 0.25) is 5.91 Å². The maximum atomic E-state index is 11.9. The molecule has 2 amide bonds. The number of carbonyl (C=O) groups is 2. The molecule has 1 aromatic rings. The summed E-state index contributed by atoms with van der Waals surface area (Å²) in [6, 6.07) is 7.70. The fourth-order valence-corrected chi connectivity index (χ4v) is 2.04. The normalized spacial score (nSPS) is 18.6. The van der Waals surface area contributed by atoms with Crippen LogP contribution in [0.25, 0.3) is 0 Å². The van der Waals surface area contributed by atoms with Crippen LogP contribution in [0.1, 0.15) is 26.3 Å². The molecule has 1 unspecified atom stereocenters. The van der Waals surface area contributed by atoms with Gasteiger partial charge < -0.3 is 10.1 Å². The molecular weight excluding hydrogens is 268 g/mol. The lowest BCUT2D eigenvalue weighted by atomic mass is 9.96. The first kappa shape index (κ1) is 15.4. The van der Waals surface area contributed by atoms with Crippen molar-refractivity contribution in [2.75, 3.05) is 18.0 Å². The molecule has 1 N–H and O–H groups in total. The summed E-state index contributed by atoms with van der Waals surface area (Å²) in [6.07, 6.45) is -0.682. The maximum Gasteiger partial charge on any atom is 0.414 e. The van der Waals surface area contributed by atoms with Crippen molar-refractivity contribution in [3.05, 3.63) is 29.8 Å². The van der Waals surface area contributed by atoms with Gasteiger partial charge in [0, 0.05) is 11.1 Å². The number of anilines is 1. The molecule has 1 heterocycles. The van der Waals surface area contributed by atoms with Crippen LogP contribution >= 0.6 is 0 Å². The number of cyclic esters (lactones) is 1. The molecule has 1 saturated heterocycles. The molecule has 5 nitrogen and oxygen atoms in total. The summed E-state index contributed by atoms with van der Waals surface area (Å²) >= 11 is 0. The Balaban J connectivity index is 1.94. The van der Waals surface area contributed by atoms with E-state index in [1.165, 1.54) is 0 Å². The van der Waals surface area contributed by atoms with Crippen molar-refractivity contribution in [1.29, 1.82) is 0 Å². The number of rotatable bonds is 3. The van der Waals surface area contributed by atoms with E-state index in [4.69, 9.17) is 4.74 Å². The Morgan fingerprint density at radius 3 is 2.52 bits per heavy atom. The maximum absolute atomic E-state index is 11.9. The standard InChI is InChI=1S/C16H22N2O3/c1-11-5-7-12(8-6-11)18-10-13(21-15(18)20)9-17-14(19)16(2,3)4/h5-8,13H,9-10H2,1-4H3,(H,17,19). The summed E-state index contributed by atoms with van der Waals surface area (Å²) in [6.45, 7) is 8.33. The molecule has 0 bridgehead atoms. The molecule has 1 aromatic carbocycles. The van der Waals surface area contributed by atoms with Gasteiger partial charge in [0.15, 0.2) is 0 Å². The highest BCUT2D eigenvalue weighted by molar-refractivity contribution is 5.89. The summed E-state index contributed by atoms with van der Waals surface area (Å²) in [5.74, 6) is -0.0488. The van der Waals surface area contributed by atoms with Gasteiger partial charge in [0.05, 0.1) is 13.1 Å². The van der Waals surface area contributed by atoms with Crippen LogP contribution in [0.15, 0.2) is 24.3 Å². The molecule has 114 valence electrons. The number of hydrogen-bond acceptors (Lipinski definition) is 3. The highest BCUT2D eigenvalue weighted by atomic mass is 16.6. The van der Waals surface area contributed by atoms with Crippen LogP contribution in [-0.4, -0.2) is 31.2 Å². The molecule has 0 spiro atoms. The first-order valence-electron chi connectivity index (χ1n) is 7.10. The third-order valence-corrected chi connectivity index (χ3v) is 3.39. The van der Waals surface area contributed by atoms with Gasteiger partial charge in [-0.2, -0.15) is 0 Å². The van der Waals surface area contributed by atoms with Gasteiger partial charge >= 0.3 is 6.09 Å². The van der Waals surface area contributed by atoms with Crippen LogP contribution in [-0.2, 0) is 9.53 Å². The van der Waals surface area contributed by atoms with E-state index in [-0.39, 0.29) is 18.1 Å². The monoisotopic (exact) mass is 290 g/mol. The van der Waals surface area contributed by atoms with Gasteiger partial charge in [0.25, 0.3) is 0 Å². The minimum absolute atomic E-state index is 0.0488. The summed E-state index contributed by atoms with van der Waals surface area (Å²) in [5, 5.41) is 2.82. The SMILES string of the molecule is Cc1ccc(N2CC(CNC(=O)C(C)(C)C)OC2=O)cc1. The quantitative estimate of drug-likeness (QED) is 0.930. The largest absolute Gasteiger partial charge is 0.442 e. The Hall–Kier alpha value is -2.04. The fraction of sp³-hybridized carbons (Fsp3) is 0.500. The lowest BCUT2D eigenvalue weighted by molar-refractivity contribution is -0.128. The Labute approximate surface area is 125 Å². The van der Waals surface area contributed by atoms with Crippen LogP contribution in [0.5, 0.6) is 0 Å². The summed E-state index contributed by atoms with van der Waals surface area (Å²) in [5.41, 5.74) is 1.51. The predicted octanol–water partition coefficient (Wildman–Crippen LogP) is 2.48. The molecule has 0 aromatic heterocycles. The van der Waals surface area contributed by atoms with E-state index in [9.17, 15) is 9.59 Å². The second-order valence-corrected chi connectivity index (χ2v) is 6.41. The van der Waals surface area contributed by atoms with Crippen molar-refractivity contribution >= 4 is 17.7 Å². The second-order valence-electron chi connectivity index (χ2n) is 6.41. The van der Waals surface area contributed by atoms with Crippen molar-refractivity contribution in [3.8, 4) is 0 Å². The van der Waals surface area contributed by atoms with Crippen LogP contribution in [0.2, 0.25) is 0 Å². The molecular formula is C16H22N2O3. The van der Waals surface area contributed by atoms with E-state index in [0.717, 1.165) is 11.3 Å². The summed E-state index contributed by atoms with van der Waals surface area (Å²) in [7, 11) is 0. The molecule has 5 heteroatoms. The molecule has 1 atom stereocenters. The number of nitrogens with zero attached hydrogens (tertiary/aromatic N) is 1. The molecule has 1 aliphatic heterocycles. The van der Waals surface area contributed by atoms with E-state index >= 15 is 0 Å². The number of hydrogen-bond donors (Lipinski definition) is 1. The first-order chi connectivity index (χ1) is 9.77. The van der Waals surface area contributed by atoms with Crippen molar-refractivity contribution in [1.82, 2.24) is 5.32 Å². The Morgan fingerprint density at radius 1 is 1.33 bits per heavy atom. The lowest BCUT2D eigenvalue weighted by Gasteiger charge is -2.19. The fourth-order valence-electron chi connectivity index (χ4n) is 2.04. The Kier molecular flexibility index (Phi) is 4.21. The third-order valence-electron chi connectivity index (χ3n) is 3.39. The number of carbonyl (C=O) groups excluding carboxylic acids is 2. The van der Waals surface area contributed by atoms with Crippen LogP contribution in [0.3, 0.4) is 0 Å². The number of ether oxygens (including phenoxy) is 1. The molecule has 1 fully saturated rings. The van der Waals surface area contributed by atoms with Gasteiger partial charge in [-0.3, -0.25) is 9.69 Å². The van der Waals surface area contributed by atoms with Crippen LogP contribution < -0.4 is 10.2 Å². The minimum Gasteiger partial charge on any atom is -0.442 e. The van der Waals surface area contributed by atoms with Gasteiger partial charge in [-0.05, 0) is 19.1 Å². The molecule has 21 heavy (non-hydrogen) atoms. The molecule has 0 saturated carbocycles. The number of benzene rings is 1. The van der Waals surface area contributed by atoms with Gasteiger partial charge in [-0.1, -0.05) is 38.5 Å². The number of nitrogens with one attached hydrogen (secondary N) is 1. The predicted molar refractivity (Wildman–Crippen MR) is 81.3 cm³/mol.